The third-order valence-corrected chi connectivity index (χ3v) is 4.34. The van der Waals surface area contributed by atoms with Crippen LogP contribution in [0.5, 0.6) is 5.75 Å². The Morgan fingerprint density at radius 1 is 1.25 bits per heavy atom. The van der Waals surface area contributed by atoms with Crippen LogP contribution in [0.2, 0.25) is 5.02 Å². The lowest BCUT2D eigenvalue weighted by molar-refractivity contribution is -0.169. The van der Waals surface area contributed by atoms with Gasteiger partial charge in [-0.3, -0.25) is 4.52 Å². The van der Waals surface area contributed by atoms with Crippen molar-refractivity contribution in [3.63, 3.8) is 0 Å². The lowest BCUT2D eigenvalue weighted by Crippen LogP contribution is -2.20. The molecule has 0 amide bonds. The van der Waals surface area contributed by atoms with Crippen molar-refractivity contribution >= 4 is 36.5 Å². The van der Waals surface area contributed by atoms with Gasteiger partial charge < -0.3 is 9.63 Å². The molecule has 0 aliphatic carbocycles. The minimum atomic E-state index is -2.45. The Labute approximate surface area is 147 Å². The van der Waals surface area contributed by atoms with Crippen molar-refractivity contribution in [3.8, 4) is 5.75 Å². The fourth-order valence-corrected chi connectivity index (χ4v) is 3.00. The first-order valence-electron chi connectivity index (χ1n) is 7.58. The smallest absolute Gasteiger partial charge is 0.395 e. The predicted octanol–water partition coefficient (Wildman–Crippen LogP) is 4.32. The van der Waals surface area contributed by atoms with E-state index in [2.05, 4.69) is 4.74 Å². The van der Waals surface area contributed by atoms with E-state index in [9.17, 15) is 9.69 Å². The molecule has 0 saturated heterocycles. The van der Waals surface area contributed by atoms with Crippen molar-refractivity contribution in [2.75, 3.05) is 6.61 Å². The summed E-state index contributed by atoms with van der Waals surface area (Å²) in [6, 6.07) is 10.1. The largest absolute Gasteiger partial charge is 0.575 e. The topological polar surface area (TPSA) is 71.0 Å². The summed E-state index contributed by atoms with van der Waals surface area (Å²) in [5, 5.41) is 1.98. The van der Waals surface area contributed by atoms with Crippen LogP contribution in [0.15, 0.2) is 41.1 Å². The van der Waals surface area contributed by atoms with Gasteiger partial charge in [-0.25, -0.2) is 4.79 Å². The monoisotopic (exact) mass is 367 g/mol. The van der Waals surface area contributed by atoms with Gasteiger partial charge in [-0.05, 0) is 24.3 Å². The van der Waals surface area contributed by atoms with Crippen LogP contribution in [0.25, 0.3) is 10.8 Å². The molecular formula is C17H19ClNO4P. The van der Waals surface area contributed by atoms with Crippen LogP contribution < -0.4 is 9.42 Å². The number of rotatable bonds is 6. The molecule has 24 heavy (non-hydrogen) atoms. The van der Waals surface area contributed by atoms with Crippen molar-refractivity contribution in [2.24, 2.45) is 10.7 Å². The molecule has 0 N–H and O–H groups in total. The minimum absolute atomic E-state index is 0.223. The van der Waals surface area contributed by atoms with Crippen LogP contribution in [0.4, 0.5) is 0 Å². The van der Waals surface area contributed by atoms with Gasteiger partial charge >= 0.3 is 14.1 Å². The highest BCUT2D eigenvalue weighted by Gasteiger charge is 2.20. The van der Waals surface area contributed by atoms with E-state index in [1.54, 1.807) is 6.07 Å². The van der Waals surface area contributed by atoms with Gasteiger partial charge in [0.2, 0.25) is 5.75 Å². The second-order valence-corrected chi connectivity index (χ2v) is 7.04. The fraction of sp³-hybridized carbons (Fsp3) is 0.353. The van der Waals surface area contributed by atoms with Gasteiger partial charge in [0, 0.05) is 5.39 Å². The van der Waals surface area contributed by atoms with Crippen molar-refractivity contribution < 1.29 is 18.9 Å². The van der Waals surface area contributed by atoms with Gasteiger partial charge in [0.15, 0.2) is 6.04 Å². The molecule has 0 fully saturated rings. The number of benzene rings is 2. The van der Waals surface area contributed by atoms with Crippen LogP contribution in [0, 0.1) is 5.92 Å². The summed E-state index contributed by atoms with van der Waals surface area (Å²) >= 11 is 6.14. The van der Waals surface area contributed by atoms with E-state index >= 15 is 0 Å². The summed E-state index contributed by atoms with van der Waals surface area (Å²) in [5.74, 6) is -0.0114. The molecular weight excluding hydrogens is 349 g/mol. The lowest BCUT2D eigenvalue weighted by atomic mass is 10.1. The third-order valence-electron chi connectivity index (χ3n) is 3.17. The molecule has 0 aromatic heterocycles. The molecule has 0 aliphatic heterocycles. The standard InChI is InChI=1S/C17H19ClNO4P/c1-11(2)10-22-17(20)12(3)19-24(21)23-16-14-7-5-4-6-13(14)8-9-15(16)18/h4-9,11-12H,10H2,1-3H3/t12-/m0/s1. The molecule has 7 heteroatoms. The zero-order chi connectivity index (χ0) is 17.7. The van der Waals surface area contributed by atoms with Gasteiger partial charge in [0.1, 0.15) is 0 Å². The highest BCUT2D eigenvalue weighted by molar-refractivity contribution is 7.34. The van der Waals surface area contributed by atoms with E-state index in [4.69, 9.17) is 20.9 Å². The number of carbonyl (C=O) groups excluding carboxylic acids is 1. The molecule has 0 radical (unpaired) electrons. The zero-order valence-electron chi connectivity index (χ0n) is 13.7. The van der Waals surface area contributed by atoms with E-state index in [-0.39, 0.29) is 5.92 Å². The molecule has 1 unspecified atom stereocenters. The summed E-state index contributed by atoms with van der Waals surface area (Å²) in [6.45, 7) is 5.68. The normalized spacial score (nSPS) is 13.2. The average molecular weight is 368 g/mol. The molecule has 0 bridgehead atoms. The summed E-state index contributed by atoms with van der Waals surface area (Å²) < 4.78 is 14.3. The number of ether oxygens (including phenoxy) is 1. The number of esters is 1. The Bertz CT molecular complexity index is 763. The third kappa shape index (κ3) is 4.91. The first-order valence-corrected chi connectivity index (χ1v) is 9.09. The molecule has 2 aromatic rings. The Morgan fingerprint density at radius 2 is 1.96 bits per heavy atom. The van der Waals surface area contributed by atoms with Gasteiger partial charge in [-0.1, -0.05) is 60.5 Å². The van der Waals surface area contributed by atoms with Crippen LogP contribution in [0.3, 0.4) is 0 Å². The fourth-order valence-electron chi connectivity index (χ4n) is 1.97. The first kappa shape index (κ1) is 18.7. The zero-order valence-corrected chi connectivity index (χ0v) is 15.4. The molecule has 0 heterocycles. The Balaban J connectivity index is 2.16. The van der Waals surface area contributed by atoms with E-state index < -0.39 is 20.2 Å². The molecule has 0 aliphatic rings. The van der Waals surface area contributed by atoms with Crippen LogP contribution in [-0.4, -0.2) is 18.6 Å². The highest BCUT2D eigenvalue weighted by atomic mass is 35.5. The van der Waals surface area contributed by atoms with Crippen LogP contribution in [0.1, 0.15) is 20.8 Å². The first-order chi connectivity index (χ1) is 11.4. The summed E-state index contributed by atoms with van der Waals surface area (Å²) in [4.78, 5) is 23.9. The summed E-state index contributed by atoms with van der Waals surface area (Å²) in [5.41, 5.74) is 0. The molecule has 5 nitrogen and oxygen atoms in total. The predicted molar refractivity (Wildman–Crippen MR) is 94.2 cm³/mol. The number of nitrogens with zero attached hydrogens (tertiary/aromatic N) is 1. The molecule has 0 spiro atoms. The van der Waals surface area contributed by atoms with Gasteiger partial charge in [-0.15, -0.1) is 0 Å². The molecule has 2 aromatic carbocycles. The van der Waals surface area contributed by atoms with E-state index in [0.29, 0.717) is 17.4 Å². The minimum Gasteiger partial charge on any atom is -0.575 e. The van der Waals surface area contributed by atoms with E-state index in [0.717, 1.165) is 10.8 Å². The highest BCUT2D eigenvalue weighted by Crippen LogP contribution is 2.37. The molecule has 0 saturated carbocycles. The van der Waals surface area contributed by atoms with Gasteiger partial charge in [0.05, 0.1) is 11.6 Å². The number of halogens is 1. The summed E-state index contributed by atoms with van der Waals surface area (Å²) in [7, 11) is -2.45. The molecule has 2 rings (SSSR count). The Hall–Kier alpha value is -1.68. The SMILES string of the molecule is CC(C)COC(=O)[C@H](C)/N=[P+](\[O-])Oc1c(Cl)ccc2ccccc12. The van der Waals surface area contributed by atoms with Crippen molar-refractivity contribution in [1.29, 1.82) is 0 Å². The maximum Gasteiger partial charge on any atom is 0.395 e. The van der Waals surface area contributed by atoms with Crippen LogP contribution >= 0.6 is 19.8 Å². The quantitative estimate of drug-likeness (QED) is 0.563. The van der Waals surface area contributed by atoms with Crippen molar-refractivity contribution in [3.05, 3.63) is 41.4 Å². The maximum absolute atomic E-state index is 12.2. The number of fused-ring (bicyclic) bond motifs is 1. The van der Waals surface area contributed by atoms with Gasteiger partial charge in [0.25, 0.3) is 0 Å². The second-order valence-electron chi connectivity index (χ2n) is 5.74. The number of hydrogen-bond donors (Lipinski definition) is 0. The molecule has 128 valence electrons. The van der Waals surface area contributed by atoms with Gasteiger partial charge in [-0.2, -0.15) is 0 Å². The van der Waals surface area contributed by atoms with Crippen molar-refractivity contribution in [2.45, 2.75) is 26.8 Å². The van der Waals surface area contributed by atoms with E-state index in [1.807, 2.05) is 44.2 Å². The number of hydrogen-bond acceptors (Lipinski definition) is 5. The molecule has 2 atom stereocenters. The van der Waals surface area contributed by atoms with E-state index in [1.165, 1.54) is 6.92 Å². The maximum atomic E-state index is 12.2. The lowest BCUT2D eigenvalue weighted by Gasteiger charge is -2.09. The second kappa shape index (κ2) is 8.43. The Morgan fingerprint density at radius 3 is 2.67 bits per heavy atom. The van der Waals surface area contributed by atoms with Crippen LogP contribution in [-0.2, 0) is 9.53 Å². The number of carbonyl (C=O) groups is 1. The average Bonchev–Trinajstić information content (AvgIpc) is 2.55. The Kier molecular flexibility index (Phi) is 6.55. The summed E-state index contributed by atoms with van der Waals surface area (Å²) in [6.07, 6.45) is 0. The van der Waals surface area contributed by atoms with Crippen molar-refractivity contribution in [1.82, 2.24) is 0 Å².